The molecule has 0 bridgehead atoms. The van der Waals surface area contributed by atoms with Gasteiger partial charge in [0, 0.05) is 19.6 Å². The molecule has 1 aliphatic rings. The van der Waals surface area contributed by atoms with Crippen LogP contribution < -0.4 is 0 Å². The Hall–Kier alpha value is -1.06. The Morgan fingerprint density at radius 1 is 1.37 bits per heavy atom. The minimum absolute atomic E-state index is 0.347. The summed E-state index contributed by atoms with van der Waals surface area (Å²) in [6, 6.07) is 0. The summed E-state index contributed by atoms with van der Waals surface area (Å²) in [6.45, 7) is 14.7. The Morgan fingerprint density at radius 2 is 2.11 bits per heavy atom. The van der Waals surface area contributed by atoms with Crippen LogP contribution in [0.4, 0.5) is 0 Å². The molecule has 0 aromatic rings. The SMILES string of the molecule is C=CC1(OCC)C=CC(OCCN(CC)CC)=CC1. The molecular weight excluding hydrogens is 238 g/mol. The van der Waals surface area contributed by atoms with Crippen molar-refractivity contribution in [1.29, 1.82) is 0 Å². The second kappa shape index (κ2) is 8.18. The Labute approximate surface area is 117 Å². The van der Waals surface area contributed by atoms with E-state index in [0.29, 0.717) is 6.61 Å². The molecule has 3 heteroatoms. The summed E-state index contributed by atoms with van der Waals surface area (Å²) in [4.78, 5) is 2.35. The largest absolute Gasteiger partial charge is 0.493 e. The quantitative estimate of drug-likeness (QED) is 0.598. The van der Waals surface area contributed by atoms with Crippen LogP contribution in [0, 0.1) is 0 Å². The van der Waals surface area contributed by atoms with Crippen molar-refractivity contribution in [2.75, 3.05) is 32.8 Å². The first-order valence-corrected chi connectivity index (χ1v) is 7.21. The van der Waals surface area contributed by atoms with Crippen LogP contribution in [-0.4, -0.2) is 43.3 Å². The first kappa shape index (κ1) is 16.0. The summed E-state index contributed by atoms with van der Waals surface area (Å²) in [6.07, 6.45) is 8.76. The zero-order valence-electron chi connectivity index (χ0n) is 12.5. The molecule has 0 N–H and O–H groups in total. The number of rotatable bonds is 9. The zero-order chi connectivity index (χ0) is 14.1. The predicted molar refractivity (Wildman–Crippen MR) is 80.1 cm³/mol. The molecule has 0 saturated carbocycles. The van der Waals surface area contributed by atoms with Crippen molar-refractivity contribution in [2.24, 2.45) is 0 Å². The molecule has 3 nitrogen and oxygen atoms in total. The van der Waals surface area contributed by atoms with Crippen molar-refractivity contribution in [1.82, 2.24) is 4.90 Å². The van der Waals surface area contributed by atoms with E-state index in [1.54, 1.807) is 0 Å². The van der Waals surface area contributed by atoms with E-state index in [1.807, 2.05) is 25.2 Å². The van der Waals surface area contributed by atoms with E-state index in [9.17, 15) is 0 Å². The number of allylic oxidation sites excluding steroid dienone is 1. The third-order valence-electron chi connectivity index (χ3n) is 3.48. The van der Waals surface area contributed by atoms with E-state index < -0.39 is 0 Å². The van der Waals surface area contributed by atoms with Crippen molar-refractivity contribution < 1.29 is 9.47 Å². The Kier molecular flexibility index (Phi) is 6.89. The van der Waals surface area contributed by atoms with E-state index in [-0.39, 0.29) is 5.60 Å². The molecule has 0 amide bonds. The molecule has 1 unspecified atom stereocenters. The standard InChI is InChI=1S/C16H27NO2/c1-5-16(19-8-4)11-9-15(10-12-16)18-14-13-17(6-2)7-3/h5,9-11H,1,6-8,12-14H2,2-4H3. The van der Waals surface area contributed by atoms with Crippen LogP contribution in [0.3, 0.4) is 0 Å². The second-order valence-electron chi connectivity index (χ2n) is 4.61. The van der Waals surface area contributed by atoms with Gasteiger partial charge in [0.2, 0.25) is 0 Å². The fourth-order valence-electron chi connectivity index (χ4n) is 2.14. The van der Waals surface area contributed by atoms with Gasteiger partial charge in [-0.05, 0) is 38.2 Å². The highest BCUT2D eigenvalue weighted by molar-refractivity contribution is 5.28. The van der Waals surface area contributed by atoms with Gasteiger partial charge in [0.05, 0.1) is 0 Å². The summed E-state index contributed by atoms with van der Waals surface area (Å²) in [5, 5.41) is 0. The number of nitrogens with zero attached hydrogens (tertiary/aromatic N) is 1. The molecule has 1 rings (SSSR count). The van der Waals surface area contributed by atoms with Crippen LogP contribution in [0.25, 0.3) is 0 Å². The van der Waals surface area contributed by atoms with Crippen molar-refractivity contribution in [3.05, 3.63) is 36.6 Å². The normalized spacial score (nSPS) is 22.4. The van der Waals surface area contributed by atoms with E-state index in [0.717, 1.165) is 38.4 Å². The minimum atomic E-state index is -0.347. The summed E-state index contributed by atoms with van der Waals surface area (Å²) in [7, 11) is 0. The average Bonchev–Trinajstić information content (AvgIpc) is 2.46. The van der Waals surface area contributed by atoms with Gasteiger partial charge in [-0.1, -0.05) is 26.5 Å². The Bertz CT molecular complexity index is 332. The lowest BCUT2D eigenvalue weighted by Gasteiger charge is -2.28. The molecule has 0 radical (unpaired) electrons. The van der Waals surface area contributed by atoms with E-state index in [1.165, 1.54) is 0 Å². The molecule has 0 spiro atoms. The first-order valence-electron chi connectivity index (χ1n) is 7.21. The topological polar surface area (TPSA) is 21.7 Å². The fraction of sp³-hybridized carbons (Fsp3) is 0.625. The lowest BCUT2D eigenvalue weighted by molar-refractivity contribution is 0.0360. The van der Waals surface area contributed by atoms with Crippen LogP contribution in [0.2, 0.25) is 0 Å². The number of ether oxygens (including phenoxy) is 2. The van der Waals surface area contributed by atoms with Gasteiger partial charge in [0.25, 0.3) is 0 Å². The zero-order valence-corrected chi connectivity index (χ0v) is 12.5. The van der Waals surface area contributed by atoms with Crippen molar-refractivity contribution in [3.8, 4) is 0 Å². The second-order valence-corrected chi connectivity index (χ2v) is 4.61. The minimum Gasteiger partial charge on any atom is -0.493 e. The molecule has 19 heavy (non-hydrogen) atoms. The molecule has 0 aromatic carbocycles. The van der Waals surface area contributed by atoms with Crippen LogP contribution in [0.15, 0.2) is 36.6 Å². The molecule has 0 heterocycles. The van der Waals surface area contributed by atoms with Crippen LogP contribution in [-0.2, 0) is 9.47 Å². The Morgan fingerprint density at radius 3 is 2.58 bits per heavy atom. The number of likely N-dealkylation sites (N-methyl/N-ethyl adjacent to an activating group) is 1. The highest BCUT2D eigenvalue weighted by atomic mass is 16.5. The highest BCUT2D eigenvalue weighted by Gasteiger charge is 2.25. The van der Waals surface area contributed by atoms with Gasteiger partial charge in [0.1, 0.15) is 18.0 Å². The summed E-state index contributed by atoms with van der Waals surface area (Å²) in [5.74, 6) is 0.935. The van der Waals surface area contributed by atoms with Gasteiger partial charge in [-0.2, -0.15) is 0 Å². The fourth-order valence-corrected chi connectivity index (χ4v) is 2.14. The number of hydrogen-bond acceptors (Lipinski definition) is 3. The lowest BCUT2D eigenvalue weighted by atomic mass is 9.94. The van der Waals surface area contributed by atoms with Gasteiger partial charge < -0.3 is 14.4 Å². The van der Waals surface area contributed by atoms with E-state index in [4.69, 9.17) is 9.47 Å². The monoisotopic (exact) mass is 265 g/mol. The van der Waals surface area contributed by atoms with Gasteiger partial charge in [0.15, 0.2) is 0 Å². The smallest absolute Gasteiger partial charge is 0.115 e. The van der Waals surface area contributed by atoms with Crippen LogP contribution >= 0.6 is 0 Å². The molecule has 0 fully saturated rings. The Balaban J connectivity index is 2.39. The third-order valence-corrected chi connectivity index (χ3v) is 3.48. The molecule has 1 aliphatic carbocycles. The lowest BCUT2D eigenvalue weighted by Crippen LogP contribution is -2.29. The highest BCUT2D eigenvalue weighted by Crippen LogP contribution is 2.26. The maximum absolute atomic E-state index is 5.78. The van der Waals surface area contributed by atoms with Gasteiger partial charge in [-0.3, -0.25) is 0 Å². The summed E-state index contributed by atoms with van der Waals surface area (Å²) in [5.41, 5.74) is -0.347. The summed E-state index contributed by atoms with van der Waals surface area (Å²) >= 11 is 0. The van der Waals surface area contributed by atoms with E-state index in [2.05, 4.69) is 31.4 Å². The predicted octanol–water partition coefficient (Wildman–Crippen LogP) is 3.15. The van der Waals surface area contributed by atoms with Crippen molar-refractivity contribution >= 4 is 0 Å². The summed E-state index contributed by atoms with van der Waals surface area (Å²) < 4.78 is 11.5. The number of hydrogen-bond donors (Lipinski definition) is 0. The maximum Gasteiger partial charge on any atom is 0.115 e. The molecule has 0 aliphatic heterocycles. The van der Waals surface area contributed by atoms with Crippen LogP contribution in [0.5, 0.6) is 0 Å². The molecule has 0 saturated heterocycles. The average molecular weight is 265 g/mol. The molecule has 0 aromatic heterocycles. The van der Waals surface area contributed by atoms with Crippen molar-refractivity contribution in [3.63, 3.8) is 0 Å². The van der Waals surface area contributed by atoms with Crippen LogP contribution in [0.1, 0.15) is 27.2 Å². The molecular formula is C16H27NO2. The molecule has 1 atom stereocenters. The van der Waals surface area contributed by atoms with Crippen molar-refractivity contribution in [2.45, 2.75) is 32.8 Å². The maximum atomic E-state index is 5.78. The van der Waals surface area contributed by atoms with Gasteiger partial charge >= 0.3 is 0 Å². The molecule has 108 valence electrons. The first-order chi connectivity index (χ1) is 9.19. The van der Waals surface area contributed by atoms with E-state index >= 15 is 0 Å². The van der Waals surface area contributed by atoms with Gasteiger partial charge in [-0.25, -0.2) is 0 Å². The third kappa shape index (κ3) is 4.84. The van der Waals surface area contributed by atoms with Gasteiger partial charge in [-0.15, -0.1) is 0 Å².